The molecule has 17 heavy (non-hydrogen) atoms. The first-order valence-electron chi connectivity index (χ1n) is 6.04. The van der Waals surface area contributed by atoms with Crippen LogP contribution in [0.3, 0.4) is 0 Å². The number of methoxy groups -OCH3 is 1. The molecule has 3 rings (SSSR count). The van der Waals surface area contributed by atoms with Crippen molar-refractivity contribution in [2.75, 3.05) is 12.4 Å². The van der Waals surface area contributed by atoms with E-state index in [0.29, 0.717) is 6.04 Å². The minimum atomic E-state index is 0.602. The smallest absolute Gasteiger partial charge is 0.135 e. The van der Waals surface area contributed by atoms with Crippen molar-refractivity contribution in [3.63, 3.8) is 0 Å². The van der Waals surface area contributed by atoms with Gasteiger partial charge in [-0.2, -0.15) is 0 Å². The third kappa shape index (κ3) is 1.97. The lowest BCUT2D eigenvalue weighted by Gasteiger charge is -2.41. The number of benzene rings is 1. The summed E-state index contributed by atoms with van der Waals surface area (Å²) in [6.45, 7) is 0. The van der Waals surface area contributed by atoms with Gasteiger partial charge in [-0.15, -0.1) is 0 Å². The molecule has 1 aromatic carbocycles. The molecule has 0 aromatic heterocycles. The van der Waals surface area contributed by atoms with Crippen LogP contribution in [0.15, 0.2) is 34.8 Å². The fourth-order valence-electron chi connectivity index (χ4n) is 2.85. The number of hydrogen-bond acceptors (Lipinski definition) is 2. The molecule has 2 nitrogen and oxygen atoms in total. The lowest BCUT2D eigenvalue weighted by Crippen LogP contribution is -2.43. The molecule has 0 bridgehead atoms. The highest BCUT2D eigenvalue weighted by Crippen LogP contribution is 2.44. The minimum Gasteiger partial charge on any atom is -0.495 e. The van der Waals surface area contributed by atoms with Gasteiger partial charge in [-0.05, 0) is 46.8 Å². The molecule has 1 aromatic rings. The molecule has 3 atom stereocenters. The number of nitrogens with one attached hydrogen (secondary N) is 1. The summed E-state index contributed by atoms with van der Waals surface area (Å²) in [5.74, 6) is 2.52. The first kappa shape index (κ1) is 11.1. The van der Waals surface area contributed by atoms with Gasteiger partial charge < -0.3 is 10.1 Å². The van der Waals surface area contributed by atoms with Crippen LogP contribution in [-0.2, 0) is 0 Å². The van der Waals surface area contributed by atoms with Crippen LogP contribution in [-0.4, -0.2) is 13.2 Å². The predicted molar refractivity (Wildman–Crippen MR) is 73.5 cm³/mol. The van der Waals surface area contributed by atoms with Crippen LogP contribution >= 0.6 is 15.9 Å². The van der Waals surface area contributed by atoms with Crippen molar-refractivity contribution in [3.05, 3.63) is 34.8 Å². The van der Waals surface area contributed by atoms with Crippen LogP contribution < -0.4 is 10.1 Å². The molecule has 0 heterocycles. The second-order valence-electron chi connectivity index (χ2n) is 4.84. The summed E-state index contributed by atoms with van der Waals surface area (Å²) in [6, 6.07) is 6.78. The van der Waals surface area contributed by atoms with Crippen LogP contribution in [0.5, 0.6) is 5.75 Å². The molecule has 90 valence electrons. The molecule has 1 saturated carbocycles. The van der Waals surface area contributed by atoms with E-state index in [0.717, 1.165) is 27.7 Å². The Balaban J connectivity index is 1.71. The summed E-state index contributed by atoms with van der Waals surface area (Å²) in [4.78, 5) is 0. The molecule has 2 aliphatic carbocycles. The van der Waals surface area contributed by atoms with E-state index in [1.165, 1.54) is 12.8 Å². The Hall–Kier alpha value is -0.960. The maximum atomic E-state index is 5.30. The fourth-order valence-corrected chi connectivity index (χ4v) is 3.26. The Morgan fingerprint density at radius 2 is 2.29 bits per heavy atom. The number of halogens is 1. The van der Waals surface area contributed by atoms with E-state index in [2.05, 4.69) is 45.5 Å². The van der Waals surface area contributed by atoms with Crippen LogP contribution in [0.2, 0.25) is 0 Å². The third-order valence-corrected chi connectivity index (χ3v) is 4.52. The number of rotatable bonds is 3. The molecule has 0 amide bonds. The number of allylic oxidation sites excluding steroid dienone is 1. The van der Waals surface area contributed by atoms with Gasteiger partial charge in [0.2, 0.25) is 0 Å². The molecule has 1 fully saturated rings. The average Bonchev–Trinajstić information content (AvgIpc) is 2.69. The monoisotopic (exact) mass is 293 g/mol. The van der Waals surface area contributed by atoms with E-state index in [1.807, 2.05) is 6.07 Å². The first-order valence-corrected chi connectivity index (χ1v) is 6.84. The number of hydrogen-bond donors (Lipinski definition) is 1. The van der Waals surface area contributed by atoms with E-state index < -0.39 is 0 Å². The standard InChI is InChI=1S/C14H16BrNO/c1-17-14-8-10(5-6-12(14)15)16-13-7-9-3-2-4-11(9)13/h2,4-6,8-9,11,13,16H,3,7H2,1H3. The van der Waals surface area contributed by atoms with Crippen LogP contribution in [0.4, 0.5) is 5.69 Å². The topological polar surface area (TPSA) is 21.3 Å². The SMILES string of the molecule is COc1cc(NC2CC3CC=CC32)ccc1Br. The molecule has 0 aliphatic heterocycles. The van der Waals surface area contributed by atoms with E-state index in [-0.39, 0.29) is 0 Å². The van der Waals surface area contributed by atoms with E-state index >= 15 is 0 Å². The van der Waals surface area contributed by atoms with E-state index in [4.69, 9.17) is 4.74 Å². The van der Waals surface area contributed by atoms with Gasteiger partial charge in [0.15, 0.2) is 0 Å². The molecule has 1 N–H and O–H groups in total. The number of ether oxygens (including phenoxy) is 1. The number of anilines is 1. The van der Waals surface area contributed by atoms with Crippen molar-refractivity contribution in [1.82, 2.24) is 0 Å². The zero-order valence-electron chi connectivity index (χ0n) is 9.82. The van der Waals surface area contributed by atoms with Crippen molar-refractivity contribution in [1.29, 1.82) is 0 Å². The predicted octanol–water partition coefficient (Wildman–Crippen LogP) is 3.83. The van der Waals surface area contributed by atoms with Gasteiger partial charge in [-0.3, -0.25) is 0 Å². The summed E-state index contributed by atoms with van der Waals surface area (Å²) in [7, 11) is 1.70. The van der Waals surface area contributed by atoms with Crippen molar-refractivity contribution < 1.29 is 4.74 Å². The van der Waals surface area contributed by atoms with Crippen molar-refractivity contribution in [2.45, 2.75) is 18.9 Å². The van der Waals surface area contributed by atoms with E-state index in [9.17, 15) is 0 Å². The van der Waals surface area contributed by atoms with E-state index in [1.54, 1.807) is 7.11 Å². The van der Waals surface area contributed by atoms with Crippen LogP contribution in [0.25, 0.3) is 0 Å². The highest BCUT2D eigenvalue weighted by atomic mass is 79.9. The molecular weight excluding hydrogens is 278 g/mol. The van der Waals surface area contributed by atoms with Crippen LogP contribution in [0.1, 0.15) is 12.8 Å². The highest BCUT2D eigenvalue weighted by molar-refractivity contribution is 9.10. The van der Waals surface area contributed by atoms with Gasteiger partial charge in [-0.1, -0.05) is 12.2 Å². The first-order chi connectivity index (χ1) is 8.28. The second-order valence-corrected chi connectivity index (χ2v) is 5.69. The fraction of sp³-hybridized carbons (Fsp3) is 0.429. The Bertz CT molecular complexity index is 458. The average molecular weight is 294 g/mol. The maximum absolute atomic E-state index is 5.30. The Labute approximate surface area is 110 Å². The molecule has 0 spiro atoms. The highest BCUT2D eigenvalue weighted by Gasteiger charge is 2.40. The quantitative estimate of drug-likeness (QED) is 0.855. The number of fused-ring (bicyclic) bond motifs is 1. The van der Waals surface area contributed by atoms with Crippen molar-refractivity contribution in [2.24, 2.45) is 11.8 Å². The zero-order valence-corrected chi connectivity index (χ0v) is 11.4. The normalized spacial score (nSPS) is 29.6. The van der Waals surface area contributed by atoms with Gasteiger partial charge >= 0.3 is 0 Å². The Kier molecular flexibility index (Phi) is 2.87. The molecule has 2 aliphatic rings. The molecule has 3 heteroatoms. The lowest BCUT2D eigenvalue weighted by atomic mass is 9.71. The minimum absolute atomic E-state index is 0.602. The molecule has 3 unspecified atom stereocenters. The summed E-state index contributed by atoms with van der Waals surface area (Å²) in [5, 5.41) is 3.60. The summed E-state index contributed by atoms with van der Waals surface area (Å²) in [6.07, 6.45) is 7.24. The summed E-state index contributed by atoms with van der Waals surface area (Å²) < 4.78 is 6.30. The Morgan fingerprint density at radius 3 is 3.06 bits per heavy atom. The second kappa shape index (κ2) is 4.37. The third-order valence-electron chi connectivity index (χ3n) is 3.87. The van der Waals surface area contributed by atoms with Gasteiger partial charge in [0.25, 0.3) is 0 Å². The van der Waals surface area contributed by atoms with Crippen molar-refractivity contribution >= 4 is 21.6 Å². The summed E-state index contributed by atoms with van der Waals surface area (Å²) >= 11 is 3.47. The maximum Gasteiger partial charge on any atom is 0.135 e. The van der Waals surface area contributed by atoms with Gasteiger partial charge in [-0.25, -0.2) is 0 Å². The molecular formula is C14H16BrNO. The largest absolute Gasteiger partial charge is 0.495 e. The molecule has 0 saturated heterocycles. The van der Waals surface area contributed by atoms with Gasteiger partial charge in [0.1, 0.15) is 5.75 Å². The van der Waals surface area contributed by atoms with Crippen molar-refractivity contribution in [3.8, 4) is 5.75 Å². The molecule has 0 radical (unpaired) electrons. The summed E-state index contributed by atoms with van der Waals surface area (Å²) in [5.41, 5.74) is 1.15. The Morgan fingerprint density at radius 1 is 1.41 bits per heavy atom. The van der Waals surface area contributed by atoms with Gasteiger partial charge in [0, 0.05) is 23.7 Å². The van der Waals surface area contributed by atoms with Gasteiger partial charge in [0.05, 0.1) is 11.6 Å². The zero-order chi connectivity index (χ0) is 11.8. The van der Waals surface area contributed by atoms with Crippen LogP contribution in [0, 0.1) is 11.8 Å². The lowest BCUT2D eigenvalue weighted by molar-refractivity contribution is 0.218.